The number of methoxy groups -OCH3 is 1. The van der Waals surface area contributed by atoms with Gasteiger partial charge in [0, 0.05) is 17.3 Å². The van der Waals surface area contributed by atoms with Crippen LogP contribution in [-0.2, 0) is 21.4 Å². The minimum atomic E-state index is -3.86. The second kappa shape index (κ2) is 10.6. The van der Waals surface area contributed by atoms with Crippen LogP contribution in [0.4, 0.5) is 5.69 Å². The van der Waals surface area contributed by atoms with E-state index < -0.39 is 10.0 Å². The number of carbonyl (C=O) groups is 1. The molecule has 0 aliphatic carbocycles. The van der Waals surface area contributed by atoms with Crippen molar-refractivity contribution in [3.05, 3.63) is 82.3 Å². The Bertz CT molecular complexity index is 1180. The maximum Gasteiger partial charge on any atom is 0.261 e. The molecule has 0 aliphatic heterocycles. The summed E-state index contributed by atoms with van der Waals surface area (Å²) in [4.78, 5) is 12.0. The minimum absolute atomic E-state index is 0.0474. The zero-order valence-corrected chi connectivity index (χ0v) is 19.3. The number of hydrogen-bond donors (Lipinski definition) is 2. The number of sulfonamides is 1. The van der Waals surface area contributed by atoms with E-state index in [0.29, 0.717) is 17.3 Å². The van der Waals surface area contributed by atoms with Crippen LogP contribution in [0.3, 0.4) is 0 Å². The first-order valence-corrected chi connectivity index (χ1v) is 11.6. The number of ether oxygens (including phenoxy) is 2. The Balaban J connectivity index is 1.56. The summed E-state index contributed by atoms with van der Waals surface area (Å²) in [6.07, 6.45) is 0. The predicted octanol–water partition coefficient (Wildman–Crippen LogP) is 4.50. The van der Waals surface area contributed by atoms with Crippen molar-refractivity contribution in [2.24, 2.45) is 0 Å². The van der Waals surface area contributed by atoms with Crippen LogP contribution in [0.2, 0.25) is 10.0 Å². The average Bonchev–Trinajstić information content (AvgIpc) is 2.78. The van der Waals surface area contributed by atoms with E-state index in [1.807, 2.05) is 12.1 Å². The maximum atomic E-state index is 12.6. The van der Waals surface area contributed by atoms with E-state index in [4.69, 9.17) is 32.7 Å². The summed E-state index contributed by atoms with van der Waals surface area (Å²) in [5.74, 6) is 0.571. The Kier molecular flexibility index (Phi) is 7.84. The van der Waals surface area contributed by atoms with Gasteiger partial charge < -0.3 is 14.8 Å². The zero-order valence-electron chi connectivity index (χ0n) is 17.0. The number of benzene rings is 3. The van der Waals surface area contributed by atoms with Crippen molar-refractivity contribution in [3.63, 3.8) is 0 Å². The molecule has 7 nitrogen and oxygen atoms in total. The van der Waals surface area contributed by atoms with Gasteiger partial charge in [-0.3, -0.25) is 9.52 Å². The monoisotopic (exact) mass is 494 g/mol. The maximum absolute atomic E-state index is 12.6. The molecular formula is C22H20Cl2N2O5S. The molecule has 0 fully saturated rings. The molecule has 3 aromatic rings. The van der Waals surface area contributed by atoms with E-state index in [1.165, 1.54) is 18.2 Å². The highest BCUT2D eigenvalue weighted by atomic mass is 35.5. The predicted molar refractivity (Wildman–Crippen MR) is 124 cm³/mol. The van der Waals surface area contributed by atoms with Gasteiger partial charge in [-0.1, -0.05) is 35.3 Å². The van der Waals surface area contributed by atoms with Gasteiger partial charge in [0.05, 0.1) is 17.0 Å². The molecule has 0 aromatic heterocycles. The summed E-state index contributed by atoms with van der Waals surface area (Å²) in [5, 5.41) is 3.28. The highest BCUT2D eigenvalue weighted by Gasteiger charge is 2.17. The lowest BCUT2D eigenvalue weighted by Gasteiger charge is -2.12. The summed E-state index contributed by atoms with van der Waals surface area (Å²) < 4.78 is 38.1. The Morgan fingerprint density at radius 3 is 2.28 bits per heavy atom. The molecule has 0 bridgehead atoms. The number of amides is 1. The van der Waals surface area contributed by atoms with Crippen LogP contribution in [0, 0.1) is 0 Å². The fourth-order valence-corrected chi connectivity index (χ4v) is 4.15. The molecule has 0 radical (unpaired) electrons. The van der Waals surface area contributed by atoms with Crippen LogP contribution in [0.25, 0.3) is 0 Å². The van der Waals surface area contributed by atoms with Crippen LogP contribution < -0.4 is 19.5 Å². The van der Waals surface area contributed by atoms with Gasteiger partial charge in [-0.15, -0.1) is 0 Å². The third-order valence-electron chi connectivity index (χ3n) is 4.32. The first kappa shape index (κ1) is 23.7. The lowest BCUT2D eigenvalue weighted by atomic mass is 10.2. The van der Waals surface area contributed by atoms with Crippen molar-refractivity contribution in [1.82, 2.24) is 5.32 Å². The Hall–Kier alpha value is -2.94. The van der Waals surface area contributed by atoms with Crippen LogP contribution >= 0.6 is 23.2 Å². The van der Waals surface area contributed by atoms with Gasteiger partial charge in [0.15, 0.2) is 6.61 Å². The molecule has 0 aliphatic rings. The quantitative estimate of drug-likeness (QED) is 0.456. The zero-order chi connectivity index (χ0) is 23.1. The van der Waals surface area contributed by atoms with Gasteiger partial charge in [-0.25, -0.2) is 8.42 Å². The van der Waals surface area contributed by atoms with Crippen LogP contribution in [0.15, 0.2) is 71.6 Å². The Morgan fingerprint density at radius 2 is 1.66 bits per heavy atom. The molecule has 2 N–H and O–H groups in total. The number of rotatable bonds is 9. The van der Waals surface area contributed by atoms with Crippen molar-refractivity contribution >= 4 is 44.8 Å². The SMILES string of the molecule is COc1ccc(CNC(=O)COc2ccc(S(=O)(=O)Nc3ccc(Cl)cc3)cc2Cl)cc1. The van der Waals surface area contributed by atoms with E-state index >= 15 is 0 Å². The largest absolute Gasteiger partial charge is 0.497 e. The molecule has 1 amide bonds. The molecule has 10 heteroatoms. The van der Waals surface area contributed by atoms with Crippen molar-refractivity contribution < 1.29 is 22.7 Å². The molecule has 0 saturated carbocycles. The van der Waals surface area contributed by atoms with Gasteiger partial charge in [0.25, 0.3) is 15.9 Å². The Labute approximate surface area is 196 Å². The van der Waals surface area contributed by atoms with E-state index in [-0.39, 0.29) is 28.2 Å². The molecule has 3 rings (SSSR count). The average molecular weight is 495 g/mol. The molecular weight excluding hydrogens is 475 g/mol. The number of halogens is 2. The lowest BCUT2D eigenvalue weighted by molar-refractivity contribution is -0.123. The third kappa shape index (κ3) is 6.53. The van der Waals surface area contributed by atoms with E-state index in [9.17, 15) is 13.2 Å². The molecule has 3 aromatic carbocycles. The minimum Gasteiger partial charge on any atom is -0.497 e. The first-order valence-electron chi connectivity index (χ1n) is 9.37. The molecule has 0 saturated heterocycles. The van der Waals surface area contributed by atoms with E-state index in [1.54, 1.807) is 43.5 Å². The van der Waals surface area contributed by atoms with Crippen molar-refractivity contribution in [2.75, 3.05) is 18.4 Å². The second-order valence-corrected chi connectivity index (χ2v) is 9.14. The second-order valence-electron chi connectivity index (χ2n) is 6.62. The highest BCUT2D eigenvalue weighted by molar-refractivity contribution is 7.92. The normalized spacial score (nSPS) is 11.0. The fourth-order valence-electron chi connectivity index (χ4n) is 2.64. The molecule has 0 unspecified atom stereocenters. The number of nitrogens with one attached hydrogen (secondary N) is 2. The van der Waals surface area contributed by atoms with Gasteiger partial charge in [-0.05, 0) is 60.2 Å². The molecule has 0 heterocycles. The summed E-state index contributed by atoms with van der Waals surface area (Å²) in [6, 6.07) is 17.5. The van der Waals surface area contributed by atoms with Crippen molar-refractivity contribution in [3.8, 4) is 11.5 Å². The van der Waals surface area contributed by atoms with Gasteiger partial charge in [0.1, 0.15) is 11.5 Å². The molecule has 32 heavy (non-hydrogen) atoms. The summed E-state index contributed by atoms with van der Waals surface area (Å²) in [7, 11) is -2.28. The summed E-state index contributed by atoms with van der Waals surface area (Å²) in [6.45, 7) is 0.0540. The summed E-state index contributed by atoms with van der Waals surface area (Å²) in [5.41, 5.74) is 1.26. The lowest BCUT2D eigenvalue weighted by Crippen LogP contribution is -2.28. The van der Waals surface area contributed by atoms with E-state index in [0.717, 1.165) is 11.3 Å². The van der Waals surface area contributed by atoms with Crippen molar-refractivity contribution in [1.29, 1.82) is 0 Å². The number of hydrogen-bond acceptors (Lipinski definition) is 5. The van der Waals surface area contributed by atoms with Gasteiger partial charge in [-0.2, -0.15) is 0 Å². The number of anilines is 1. The van der Waals surface area contributed by atoms with Crippen LogP contribution in [0.1, 0.15) is 5.56 Å². The molecule has 168 valence electrons. The van der Waals surface area contributed by atoms with Gasteiger partial charge in [0.2, 0.25) is 0 Å². The number of carbonyl (C=O) groups excluding carboxylic acids is 1. The topological polar surface area (TPSA) is 93.7 Å². The summed E-state index contributed by atoms with van der Waals surface area (Å²) >= 11 is 12.0. The van der Waals surface area contributed by atoms with Crippen LogP contribution in [0.5, 0.6) is 11.5 Å². The van der Waals surface area contributed by atoms with Gasteiger partial charge >= 0.3 is 0 Å². The first-order chi connectivity index (χ1) is 15.3. The molecule has 0 spiro atoms. The van der Waals surface area contributed by atoms with Crippen molar-refractivity contribution in [2.45, 2.75) is 11.4 Å². The highest BCUT2D eigenvalue weighted by Crippen LogP contribution is 2.28. The van der Waals surface area contributed by atoms with E-state index in [2.05, 4.69) is 10.0 Å². The van der Waals surface area contributed by atoms with Crippen LogP contribution in [-0.4, -0.2) is 28.0 Å². The third-order valence-corrected chi connectivity index (χ3v) is 6.24. The standard InChI is InChI=1S/C22H20Cl2N2O5S/c1-30-18-8-2-15(3-9-18)13-25-22(27)14-31-21-11-10-19(12-20(21)24)32(28,29)26-17-6-4-16(23)5-7-17/h2-12,26H,13-14H2,1H3,(H,25,27). The smallest absolute Gasteiger partial charge is 0.261 e. The molecule has 0 atom stereocenters. The Morgan fingerprint density at radius 1 is 0.969 bits per heavy atom. The fraction of sp³-hybridized carbons (Fsp3) is 0.136.